The number of hydrogen-bond donors (Lipinski definition) is 0. The van der Waals surface area contributed by atoms with E-state index >= 15 is 0 Å². The summed E-state index contributed by atoms with van der Waals surface area (Å²) in [5.74, 6) is 0. The standard InChI is InChI=1S/C14H27BO2/c1-3-5-7-10-14(9-6-4-2)13-15-16-11-8-12-17-15/h10H,3-9,11-13H2,1-2H3/b14-10+. The highest BCUT2D eigenvalue weighted by molar-refractivity contribution is 6.45. The molecule has 0 aromatic rings. The lowest BCUT2D eigenvalue weighted by atomic mass is 9.77. The highest BCUT2D eigenvalue weighted by Crippen LogP contribution is 2.19. The summed E-state index contributed by atoms with van der Waals surface area (Å²) in [6, 6.07) is 0. The fourth-order valence-corrected chi connectivity index (χ4v) is 2.07. The summed E-state index contributed by atoms with van der Waals surface area (Å²) in [6.45, 7) is 6.21. The maximum absolute atomic E-state index is 5.63. The molecule has 1 saturated heterocycles. The normalized spacial score (nSPS) is 17.5. The van der Waals surface area contributed by atoms with Crippen LogP contribution in [-0.2, 0) is 9.31 Å². The van der Waals surface area contributed by atoms with Crippen molar-refractivity contribution < 1.29 is 9.31 Å². The lowest BCUT2D eigenvalue weighted by Crippen LogP contribution is -2.29. The first kappa shape index (κ1) is 14.8. The van der Waals surface area contributed by atoms with E-state index in [-0.39, 0.29) is 7.12 Å². The van der Waals surface area contributed by atoms with Crippen molar-refractivity contribution in [2.45, 2.75) is 65.1 Å². The quantitative estimate of drug-likeness (QED) is 0.358. The van der Waals surface area contributed by atoms with E-state index in [9.17, 15) is 0 Å². The third-order valence-electron chi connectivity index (χ3n) is 3.17. The summed E-state index contributed by atoms with van der Waals surface area (Å²) < 4.78 is 11.3. The summed E-state index contributed by atoms with van der Waals surface area (Å²) in [4.78, 5) is 0. The Balaban J connectivity index is 2.34. The Hall–Kier alpha value is -0.275. The van der Waals surface area contributed by atoms with Gasteiger partial charge in [0.05, 0.1) is 0 Å². The molecule has 0 aromatic heterocycles. The zero-order chi connectivity index (χ0) is 12.3. The van der Waals surface area contributed by atoms with Crippen molar-refractivity contribution in [3.05, 3.63) is 11.6 Å². The Labute approximate surface area is 107 Å². The average Bonchev–Trinajstić information content (AvgIpc) is 2.37. The van der Waals surface area contributed by atoms with Gasteiger partial charge in [0.15, 0.2) is 0 Å². The monoisotopic (exact) mass is 238 g/mol. The number of rotatable bonds is 8. The van der Waals surface area contributed by atoms with Crippen LogP contribution < -0.4 is 0 Å². The summed E-state index contributed by atoms with van der Waals surface area (Å²) in [7, 11) is 0.0217. The van der Waals surface area contributed by atoms with Gasteiger partial charge in [-0.2, -0.15) is 0 Å². The van der Waals surface area contributed by atoms with Crippen LogP contribution in [0.25, 0.3) is 0 Å². The van der Waals surface area contributed by atoms with Gasteiger partial charge >= 0.3 is 7.12 Å². The molecule has 0 radical (unpaired) electrons. The lowest BCUT2D eigenvalue weighted by molar-refractivity contribution is 0.135. The van der Waals surface area contributed by atoms with Crippen molar-refractivity contribution in [1.29, 1.82) is 0 Å². The van der Waals surface area contributed by atoms with E-state index in [4.69, 9.17) is 9.31 Å². The second-order valence-electron chi connectivity index (χ2n) is 4.84. The Morgan fingerprint density at radius 2 is 1.82 bits per heavy atom. The molecule has 0 aromatic carbocycles. The molecule has 1 heterocycles. The third-order valence-corrected chi connectivity index (χ3v) is 3.17. The molecule has 0 aliphatic carbocycles. The predicted octanol–water partition coefficient (Wildman–Crippen LogP) is 4.22. The lowest BCUT2D eigenvalue weighted by Gasteiger charge is -2.21. The molecule has 2 nitrogen and oxygen atoms in total. The minimum Gasteiger partial charge on any atom is -0.411 e. The van der Waals surface area contributed by atoms with E-state index in [1.54, 1.807) is 0 Å². The highest BCUT2D eigenvalue weighted by Gasteiger charge is 2.22. The van der Waals surface area contributed by atoms with Crippen LogP contribution in [0, 0.1) is 0 Å². The van der Waals surface area contributed by atoms with E-state index < -0.39 is 0 Å². The smallest absolute Gasteiger partial charge is 0.411 e. The van der Waals surface area contributed by atoms with E-state index in [0.717, 1.165) is 26.0 Å². The molecule has 98 valence electrons. The van der Waals surface area contributed by atoms with Gasteiger partial charge in [0.2, 0.25) is 0 Å². The van der Waals surface area contributed by atoms with Gasteiger partial charge in [-0.15, -0.1) is 0 Å². The summed E-state index contributed by atoms with van der Waals surface area (Å²) in [5.41, 5.74) is 1.53. The van der Waals surface area contributed by atoms with Gasteiger partial charge in [0.25, 0.3) is 0 Å². The molecule has 1 aliphatic heterocycles. The molecule has 1 aliphatic rings. The van der Waals surface area contributed by atoms with Gasteiger partial charge in [-0.25, -0.2) is 0 Å². The van der Waals surface area contributed by atoms with Gasteiger partial charge in [0, 0.05) is 19.5 Å². The molecular weight excluding hydrogens is 211 g/mol. The van der Waals surface area contributed by atoms with Crippen LogP contribution in [-0.4, -0.2) is 20.3 Å². The van der Waals surface area contributed by atoms with Crippen molar-refractivity contribution in [1.82, 2.24) is 0 Å². The fraction of sp³-hybridized carbons (Fsp3) is 0.857. The second kappa shape index (κ2) is 9.72. The molecule has 17 heavy (non-hydrogen) atoms. The topological polar surface area (TPSA) is 18.5 Å². The minimum atomic E-state index is 0.0217. The summed E-state index contributed by atoms with van der Waals surface area (Å²) >= 11 is 0. The molecule has 0 saturated carbocycles. The third kappa shape index (κ3) is 6.90. The first-order valence-corrected chi connectivity index (χ1v) is 7.28. The predicted molar refractivity (Wildman–Crippen MR) is 74.2 cm³/mol. The van der Waals surface area contributed by atoms with E-state index in [2.05, 4.69) is 19.9 Å². The zero-order valence-electron chi connectivity index (χ0n) is 11.5. The van der Waals surface area contributed by atoms with E-state index in [1.807, 2.05) is 0 Å². The highest BCUT2D eigenvalue weighted by atomic mass is 16.6. The van der Waals surface area contributed by atoms with Gasteiger partial charge in [-0.05, 0) is 25.7 Å². The second-order valence-corrected chi connectivity index (χ2v) is 4.84. The fourth-order valence-electron chi connectivity index (χ4n) is 2.07. The Bertz CT molecular complexity index is 210. The minimum absolute atomic E-state index is 0.0217. The van der Waals surface area contributed by atoms with Crippen LogP contribution in [0.5, 0.6) is 0 Å². The van der Waals surface area contributed by atoms with Gasteiger partial charge < -0.3 is 9.31 Å². The first-order chi connectivity index (χ1) is 8.36. The number of hydrogen-bond acceptors (Lipinski definition) is 2. The molecule has 3 heteroatoms. The van der Waals surface area contributed by atoms with Crippen LogP contribution in [0.15, 0.2) is 11.6 Å². The van der Waals surface area contributed by atoms with Gasteiger partial charge in [-0.3, -0.25) is 0 Å². The van der Waals surface area contributed by atoms with Crippen LogP contribution in [0.3, 0.4) is 0 Å². The number of unbranched alkanes of at least 4 members (excludes halogenated alkanes) is 3. The van der Waals surface area contributed by atoms with E-state index in [1.165, 1.54) is 44.1 Å². The Kier molecular flexibility index (Phi) is 8.46. The van der Waals surface area contributed by atoms with Crippen molar-refractivity contribution in [2.75, 3.05) is 13.2 Å². The Morgan fingerprint density at radius 3 is 2.47 bits per heavy atom. The summed E-state index contributed by atoms with van der Waals surface area (Å²) in [5, 5.41) is 0. The molecular formula is C14H27BO2. The van der Waals surface area contributed by atoms with Gasteiger partial charge in [0.1, 0.15) is 0 Å². The van der Waals surface area contributed by atoms with Crippen LogP contribution >= 0.6 is 0 Å². The zero-order valence-corrected chi connectivity index (χ0v) is 11.5. The largest absolute Gasteiger partial charge is 0.461 e. The molecule has 0 spiro atoms. The van der Waals surface area contributed by atoms with Crippen molar-refractivity contribution >= 4 is 7.12 Å². The maximum Gasteiger partial charge on any atom is 0.461 e. The number of allylic oxidation sites excluding steroid dienone is 2. The Morgan fingerprint density at radius 1 is 1.12 bits per heavy atom. The van der Waals surface area contributed by atoms with Crippen LogP contribution in [0.2, 0.25) is 6.32 Å². The molecule has 1 fully saturated rings. The van der Waals surface area contributed by atoms with E-state index in [0.29, 0.717) is 0 Å². The van der Waals surface area contributed by atoms with Gasteiger partial charge in [-0.1, -0.05) is 44.8 Å². The van der Waals surface area contributed by atoms with Crippen molar-refractivity contribution in [3.8, 4) is 0 Å². The van der Waals surface area contributed by atoms with Crippen molar-refractivity contribution in [2.24, 2.45) is 0 Å². The average molecular weight is 238 g/mol. The molecule has 0 unspecified atom stereocenters. The molecule has 1 rings (SSSR count). The maximum atomic E-state index is 5.63. The summed E-state index contributed by atoms with van der Waals surface area (Å²) in [6.07, 6.45) is 12.0. The molecule has 0 N–H and O–H groups in total. The first-order valence-electron chi connectivity index (χ1n) is 7.28. The molecule has 0 amide bonds. The van der Waals surface area contributed by atoms with Crippen molar-refractivity contribution in [3.63, 3.8) is 0 Å². The van der Waals surface area contributed by atoms with Crippen LogP contribution in [0.1, 0.15) is 58.8 Å². The molecule has 0 atom stereocenters. The SMILES string of the molecule is CCCC/C=C(\CCCC)CB1OCCCO1. The van der Waals surface area contributed by atoms with Crippen LogP contribution in [0.4, 0.5) is 0 Å². The molecule has 0 bridgehead atoms.